The molecule has 1 heterocycles. The van der Waals surface area contributed by atoms with E-state index in [9.17, 15) is 4.79 Å². The van der Waals surface area contributed by atoms with Crippen molar-refractivity contribution in [3.05, 3.63) is 23.4 Å². The molecule has 17 heavy (non-hydrogen) atoms. The van der Waals surface area contributed by atoms with Crippen LogP contribution < -0.4 is 5.32 Å². The van der Waals surface area contributed by atoms with Crippen molar-refractivity contribution in [3.63, 3.8) is 0 Å². The highest BCUT2D eigenvalue weighted by atomic mass is 16.2. The summed E-state index contributed by atoms with van der Waals surface area (Å²) in [4.78, 5) is 17.4. The molecule has 5 nitrogen and oxygen atoms in total. The SMILES string of the molecule is CCN(C)C(=O)CNc1nc(C)ccc1C#N. The van der Waals surface area contributed by atoms with Gasteiger partial charge in [0.2, 0.25) is 5.91 Å². The normalized spacial score (nSPS) is 9.53. The molecule has 0 aliphatic heterocycles. The molecule has 0 spiro atoms. The zero-order valence-corrected chi connectivity index (χ0v) is 10.3. The second-order valence-corrected chi connectivity index (χ2v) is 3.72. The predicted molar refractivity (Wildman–Crippen MR) is 65.5 cm³/mol. The number of nitriles is 1. The number of aryl methyl sites for hydroxylation is 1. The number of carbonyl (C=O) groups is 1. The van der Waals surface area contributed by atoms with Gasteiger partial charge in [-0.2, -0.15) is 5.26 Å². The Hall–Kier alpha value is -2.09. The van der Waals surface area contributed by atoms with E-state index < -0.39 is 0 Å². The summed E-state index contributed by atoms with van der Waals surface area (Å²) in [7, 11) is 1.74. The van der Waals surface area contributed by atoms with Gasteiger partial charge in [-0.05, 0) is 26.0 Å². The largest absolute Gasteiger partial charge is 0.360 e. The average molecular weight is 232 g/mol. The second-order valence-electron chi connectivity index (χ2n) is 3.72. The number of nitrogens with one attached hydrogen (secondary N) is 1. The predicted octanol–water partition coefficient (Wildman–Crippen LogP) is 1.15. The van der Waals surface area contributed by atoms with Gasteiger partial charge in [-0.3, -0.25) is 4.79 Å². The van der Waals surface area contributed by atoms with Gasteiger partial charge in [-0.15, -0.1) is 0 Å². The minimum Gasteiger partial charge on any atom is -0.360 e. The molecule has 1 aromatic rings. The Labute approximate surface area is 101 Å². The Morgan fingerprint density at radius 1 is 1.59 bits per heavy atom. The lowest BCUT2D eigenvalue weighted by atomic mass is 10.2. The molecule has 5 heteroatoms. The van der Waals surface area contributed by atoms with Crippen LogP contribution in [0, 0.1) is 18.3 Å². The first kappa shape index (κ1) is 13.0. The standard InChI is InChI=1S/C12H16N4O/c1-4-16(3)11(17)8-14-12-10(7-13)6-5-9(2)15-12/h5-6H,4,8H2,1-3H3,(H,14,15). The van der Waals surface area contributed by atoms with Gasteiger partial charge in [-0.25, -0.2) is 4.98 Å². The van der Waals surface area contributed by atoms with Gasteiger partial charge in [0, 0.05) is 19.3 Å². The van der Waals surface area contributed by atoms with Gasteiger partial charge in [-0.1, -0.05) is 0 Å². The summed E-state index contributed by atoms with van der Waals surface area (Å²) in [6.07, 6.45) is 0. The number of hydrogen-bond donors (Lipinski definition) is 1. The third kappa shape index (κ3) is 3.45. The van der Waals surface area contributed by atoms with Gasteiger partial charge >= 0.3 is 0 Å². The van der Waals surface area contributed by atoms with Crippen molar-refractivity contribution in [1.82, 2.24) is 9.88 Å². The maximum Gasteiger partial charge on any atom is 0.241 e. The van der Waals surface area contributed by atoms with E-state index in [2.05, 4.69) is 10.3 Å². The molecule has 1 amide bonds. The molecule has 0 fully saturated rings. The molecule has 0 radical (unpaired) electrons. The van der Waals surface area contributed by atoms with Crippen molar-refractivity contribution in [2.45, 2.75) is 13.8 Å². The van der Waals surface area contributed by atoms with E-state index in [0.717, 1.165) is 5.69 Å². The van der Waals surface area contributed by atoms with Gasteiger partial charge in [0.25, 0.3) is 0 Å². The Kier molecular flexibility index (Phi) is 4.46. The van der Waals surface area contributed by atoms with E-state index >= 15 is 0 Å². The minimum atomic E-state index is -0.0281. The molecule has 0 atom stereocenters. The number of amides is 1. The molecular formula is C12H16N4O. The molecule has 0 aliphatic carbocycles. The maximum atomic E-state index is 11.6. The first-order valence-corrected chi connectivity index (χ1v) is 5.44. The summed E-state index contributed by atoms with van der Waals surface area (Å²) in [6, 6.07) is 5.50. The highest BCUT2D eigenvalue weighted by Gasteiger charge is 2.09. The van der Waals surface area contributed by atoms with Crippen LogP contribution in [0.25, 0.3) is 0 Å². The van der Waals surface area contributed by atoms with E-state index in [-0.39, 0.29) is 12.5 Å². The molecular weight excluding hydrogens is 216 g/mol. The van der Waals surface area contributed by atoms with Crippen molar-refractivity contribution in [1.29, 1.82) is 5.26 Å². The highest BCUT2D eigenvalue weighted by Crippen LogP contribution is 2.11. The van der Waals surface area contributed by atoms with Crippen LogP contribution in [0.3, 0.4) is 0 Å². The summed E-state index contributed by atoms with van der Waals surface area (Å²) >= 11 is 0. The smallest absolute Gasteiger partial charge is 0.241 e. The topological polar surface area (TPSA) is 69.0 Å². The Morgan fingerprint density at radius 2 is 2.29 bits per heavy atom. The Balaban J connectivity index is 2.72. The number of hydrogen-bond acceptors (Lipinski definition) is 4. The van der Waals surface area contributed by atoms with Crippen LogP contribution in [0.4, 0.5) is 5.82 Å². The molecule has 0 saturated carbocycles. The van der Waals surface area contributed by atoms with Gasteiger partial charge in [0.1, 0.15) is 11.9 Å². The number of pyridine rings is 1. The number of anilines is 1. The molecule has 90 valence electrons. The summed E-state index contributed by atoms with van der Waals surface area (Å²) in [5, 5.41) is 11.8. The lowest BCUT2D eigenvalue weighted by molar-refractivity contribution is -0.127. The maximum absolute atomic E-state index is 11.6. The summed E-state index contributed by atoms with van der Waals surface area (Å²) in [6.45, 7) is 4.55. The van der Waals surface area contributed by atoms with E-state index in [1.807, 2.05) is 19.9 Å². The molecule has 0 bridgehead atoms. The molecule has 1 aromatic heterocycles. The number of likely N-dealkylation sites (N-methyl/N-ethyl adjacent to an activating group) is 1. The van der Waals surface area contributed by atoms with Crippen molar-refractivity contribution in [2.75, 3.05) is 25.5 Å². The third-order valence-electron chi connectivity index (χ3n) is 2.46. The number of carbonyl (C=O) groups excluding carboxylic acids is 1. The highest BCUT2D eigenvalue weighted by molar-refractivity contribution is 5.80. The number of nitrogens with zero attached hydrogens (tertiary/aromatic N) is 3. The van der Waals surface area contributed by atoms with Gasteiger partial charge in [0.15, 0.2) is 0 Å². The zero-order chi connectivity index (χ0) is 12.8. The lowest BCUT2D eigenvalue weighted by Crippen LogP contribution is -2.32. The fourth-order valence-electron chi connectivity index (χ4n) is 1.25. The van der Waals surface area contributed by atoms with Crippen molar-refractivity contribution in [2.24, 2.45) is 0 Å². The summed E-state index contributed by atoms with van der Waals surface area (Å²) < 4.78 is 0. The molecule has 0 saturated heterocycles. The van der Waals surface area contributed by atoms with E-state index in [0.29, 0.717) is 17.9 Å². The molecule has 0 aliphatic rings. The molecule has 0 unspecified atom stereocenters. The number of aromatic nitrogens is 1. The Morgan fingerprint density at radius 3 is 2.88 bits per heavy atom. The van der Waals surface area contributed by atoms with Crippen LogP contribution in [-0.2, 0) is 4.79 Å². The quantitative estimate of drug-likeness (QED) is 0.845. The number of rotatable bonds is 4. The molecule has 0 aromatic carbocycles. The van der Waals surface area contributed by atoms with Crippen molar-refractivity contribution >= 4 is 11.7 Å². The van der Waals surface area contributed by atoms with E-state index in [4.69, 9.17) is 5.26 Å². The summed E-state index contributed by atoms with van der Waals surface area (Å²) in [5.74, 6) is 0.435. The average Bonchev–Trinajstić information content (AvgIpc) is 2.35. The van der Waals surface area contributed by atoms with Crippen molar-refractivity contribution < 1.29 is 4.79 Å². The van der Waals surface area contributed by atoms with Crippen LogP contribution in [0.5, 0.6) is 0 Å². The van der Waals surface area contributed by atoms with Gasteiger partial charge < -0.3 is 10.2 Å². The Bertz CT molecular complexity index is 450. The molecule has 1 N–H and O–H groups in total. The van der Waals surface area contributed by atoms with E-state index in [1.54, 1.807) is 24.1 Å². The first-order chi connectivity index (χ1) is 8.08. The van der Waals surface area contributed by atoms with Crippen LogP contribution in [0.1, 0.15) is 18.2 Å². The van der Waals surface area contributed by atoms with Crippen molar-refractivity contribution in [3.8, 4) is 6.07 Å². The lowest BCUT2D eigenvalue weighted by Gasteiger charge is -2.15. The summed E-state index contributed by atoms with van der Waals surface area (Å²) in [5.41, 5.74) is 1.25. The van der Waals surface area contributed by atoms with Crippen LogP contribution >= 0.6 is 0 Å². The monoisotopic (exact) mass is 232 g/mol. The van der Waals surface area contributed by atoms with Crippen LogP contribution in [0.2, 0.25) is 0 Å². The first-order valence-electron chi connectivity index (χ1n) is 5.44. The minimum absolute atomic E-state index is 0.0281. The van der Waals surface area contributed by atoms with Gasteiger partial charge in [0.05, 0.1) is 12.1 Å². The van der Waals surface area contributed by atoms with Crippen LogP contribution in [0.15, 0.2) is 12.1 Å². The molecule has 1 rings (SSSR count). The zero-order valence-electron chi connectivity index (χ0n) is 10.3. The fourth-order valence-corrected chi connectivity index (χ4v) is 1.25. The third-order valence-corrected chi connectivity index (χ3v) is 2.46. The fraction of sp³-hybridized carbons (Fsp3) is 0.417. The second kappa shape index (κ2) is 5.85. The van der Waals surface area contributed by atoms with E-state index in [1.165, 1.54) is 0 Å². The van der Waals surface area contributed by atoms with Crippen LogP contribution in [-0.4, -0.2) is 35.9 Å².